The summed E-state index contributed by atoms with van der Waals surface area (Å²) in [6.45, 7) is 1.36. The van der Waals surface area contributed by atoms with E-state index in [9.17, 15) is 4.79 Å². The van der Waals surface area contributed by atoms with Gasteiger partial charge in [-0.25, -0.2) is 0 Å². The zero-order valence-corrected chi connectivity index (χ0v) is 13.8. The molecule has 22 heavy (non-hydrogen) atoms. The van der Waals surface area contributed by atoms with Crippen molar-refractivity contribution in [3.63, 3.8) is 0 Å². The lowest BCUT2D eigenvalue weighted by Crippen LogP contribution is -2.40. The molecule has 0 saturated heterocycles. The SMILES string of the molecule is Cl.NCC1(C(=O)Nc2cc3c(cc2Cl)OCCO3)CCCC1. The van der Waals surface area contributed by atoms with Crippen LogP contribution in [0.4, 0.5) is 5.69 Å². The molecule has 7 heteroatoms. The zero-order chi connectivity index (χ0) is 14.9. The van der Waals surface area contributed by atoms with Gasteiger partial charge in [0.1, 0.15) is 13.2 Å². The smallest absolute Gasteiger partial charge is 0.231 e. The molecule has 1 heterocycles. The number of rotatable bonds is 3. The van der Waals surface area contributed by atoms with Crippen LogP contribution in [0.25, 0.3) is 0 Å². The van der Waals surface area contributed by atoms with Crippen molar-refractivity contribution in [2.24, 2.45) is 11.1 Å². The number of halogens is 2. The average molecular weight is 347 g/mol. The van der Waals surface area contributed by atoms with E-state index in [0.29, 0.717) is 42.0 Å². The van der Waals surface area contributed by atoms with Gasteiger partial charge in [-0.1, -0.05) is 24.4 Å². The van der Waals surface area contributed by atoms with Gasteiger partial charge in [0.2, 0.25) is 5.91 Å². The fourth-order valence-electron chi connectivity index (χ4n) is 2.99. The van der Waals surface area contributed by atoms with Gasteiger partial charge >= 0.3 is 0 Å². The number of ether oxygens (including phenoxy) is 2. The number of carbonyl (C=O) groups is 1. The topological polar surface area (TPSA) is 73.6 Å². The molecule has 1 fully saturated rings. The van der Waals surface area contributed by atoms with E-state index in [1.165, 1.54) is 0 Å². The lowest BCUT2D eigenvalue weighted by atomic mass is 9.85. The van der Waals surface area contributed by atoms with Crippen LogP contribution in [0.15, 0.2) is 12.1 Å². The van der Waals surface area contributed by atoms with E-state index < -0.39 is 5.41 Å². The van der Waals surface area contributed by atoms with Crippen molar-refractivity contribution < 1.29 is 14.3 Å². The van der Waals surface area contributed by atoms with Crippen molar-refractivity contribution in [3.8, 4) is 11.5 Å². The van der Waals surface area contributed by atoms with Crippen LogP contribution in [-0.4, -0.2) is 25.7 Å². The fraction of sp³-hybridized carbons (Fsp3) is 0.533. The van der Waals surface area contributed by atoms with E-state index >= 15 is 0 Å². The van der Waals surface area contributed by atoms with Crippen molar-refractivity contribution in [2.45, 2.75) is 25.7 Å². The van der Waals surface area contributed by atoms with Gasteiger partial charge in [-0.2, -0.15) is 0 Å². The summed E-state index contributed by atoms with van der Waals surface area (Å²) in [5.74, 6) is 1.16. The second kappa shape index (κ2) is 6.94. The standard InChI is InChI=1S/C15H19ClN2O3.ClH/c16-10-7-12-13(21-6-5-20-12)8-11(10)18-14(19)15(9-17)3-1-2-4-15;/h7-8H,1-6,9,17H2,(H,18,19);1H. The van der Waals surface area contributed by atoms with Crippen molar-refractivity contribution in [1.29, 1.82) is 0 Å². The summed E-state index contributed by atoms with van der Waals surface area (Å²) in [5.41, 5.74) is 5.92. The highest BCUT2D eigenvalue weighted by atomic mass is 35.5. The van der Waals surface area contributed by atoms with Gasteiger partial charge < -0.3 is 20.5 Å². The molecule has 1 aromatic rings. The van der Waals surface area contributed by atoms with Gasteiger partial charge in [-0.3, -0.25) is 4.79 Å². The molecular formula is C15H20Cl2N2O3. The van der Waals surface area contributed by atoms with E-state index in [1.54, 1.807) is 12.1 Å². The van der Waals surface area contributed by atoms with Crippen LogP contribution in [0.2, 0.25) is 5.02 Å². The Hall–Kier alpha value is -1.17. The van der Waals surface area contributed by atoms with Crippen LogP contribution >= 0.6 is 24.0 Å². The maximum absolute atomic E-state index is 12.6. The third-order valence-corrected chi connectivity index (χ3v) is 4.63. The van der Waals surface area contributed by atoms with Crippen molar-refractivity contribution in [2.75, 3.05) is 25.1 Å². The van der Waals surface area contributed by atoms with Crippen molar-refractivity contribution >= 4 is 35.6 Å². The molecule has 122 valence electrons. The minimum Gasteiger partial charge on any atom is -0.486 e. The Labute approximate surface area is 140 Å². The molecular weight excluding hydrogens is 327 g/mol. The molecule has 0 bridgehead atoms. The van der Waals surface area contributed by atoms with Crippen LogP contribution in [0.5, 0.6) is 11.5 Å². The fourth-order valence-corrected chi connectivity index (χ4v) is 3.19. The minimum absolute atomic E-state index is 0. The summed E-state index contributed by atoms with van der Waals surface area (Å²) in [6, 6.07) is 3.39. The molecule has 1 amide bonds. The van der Waals surface area contributed by atoms with E-state index in [2.05, 4.69) is 5.32 Å². The van der Waals surface area contributed by atoms with Gasteiger partial charge in [0.05, 0.1) is 16.1 Å². The summed E-state index contributed by atoms with van der Waals surface area (Å²) < 4.78 is 11.0. The highest BCUT2D eigenvalue weighted by molar-refractivity contribution is 6.34. The lowest BCUT2D eigenvalue weighted by Gasteiger charge is -2.26. The Bertz CT molecular complexity index is 560. The molecule has 5 nitrogen and oxygen atoms in total. The van der Waals surface area contributed by atoms with Crippen molar-refractivity contribution in [3.05, 3.63) is 17.2 Å². The molecule has 0 atom stereocenters. The van der Waals surface area contributed by atoms with Crippen molar-refractivity contribution in [1.82, 2.24) is 0 Å². The first-order valence-electron chi connectivity index (χ1n) is 7.25. The first kappa shape index (κ1) is 17.2. The van der Waals surface area contributed by atoms with Gasteiger partial charge in [-0.15, -0.1) is 12.4 Å². The van der Waals surface area contributed by atoms with Crippen LogP contribution in [0, 0.1) is 5.41 Å². The molecule has 3 N–H and O–H groups in total. The third kappa shape index (κ3) is 3.12. The van der Waals surface area contributed by atoms with Gasteiger partial charge in [0.25, 0.3) is 0 Å². The largest absolute Gasteiger partial charge is 0.486 e. The number of amides is 1. The Morgan fingerprint density at radius 2 is 1.82 bits per heavy atom. The second-order valence-electron chi connectivity index (χ2n) is 5.62. The molecule has 0 spiro atoms. The summed E-state index contributed by atoms with van der Waals surface area (Å²) in [6.07, 6.45) is 3.74. The number of nitrogens with two attached hydrogens (primary N) is 1. The predicted molar refractivity (Wildman–Crippen MR) is 88.3 cm³/mol. The Kier molecular flexibility index (Phi) is 5.42. The molecule has 0 aromatic heterocycles. The maximum atomic E-state index is 12.6. The van der Waals surface area contributed by atoms with E-state index in [0.717, 1.165) is 25.7 Å². The quantitative estimate of drug-likeness (QED) is 0.882. The number of anilines is 1. The van der Waals surface area contributed by atoms with Crippen LogP contribution in [-0.2, 0) is 4.79 Å². The van der Waals surface area contributed by atoms with E-state index in [4.69, 9.17) is 26.8 Å². The summed E-state index contributed by atoms with van der Waals surface area (Å²) >= 11 is 6.22. The van der Waals surface area contributed by atoms with E-state index in [1.807, 2.05) is 0 Å². The molecule has 3 rings (SSSR count). The first-order valence-corrected chi connectivity index (χ1v) is 7.63. The first-order chi connectivity index (χ1) is 10.1. The van der Waals surface area contributed by atoms with Gasteiger partial charge in [0, 0.05) is 18.7 Å². The monoisotopic (exact) mass is 346 g/mol. The number of hydrogen-bond donors (Lipinski definition) is 2. The van der Waals surface area contributed by atoms with Crippen LogP contribution < -0.4 is 20.5 Å². The number of nitrogens with one attached hydrogen (secondary N) is 1. The second-order valence-corrected chi connectivity index (χ2v) is 6.03. The lowest BCUT2D eigenvalue weighted by molar-refractivity contribution is -0.124. The highest BCUT2D eigenvalue weighted by Gasteiger charge is 2.40. The number of carbonyl (C=O) groups excluding carboxylic acids is 1. The van der Waals surface area contributed by atoms with Crippen LogP contribution in [0.3, 0.4) is 0 Å². The summed E-state index contributed by atoms with van der Waals surface area (Å²) in [7, 11) is 0. The number of hydrogen-bond acceptors (Lipinski definition) is 4. The molecule has 1 aliphatic carbocycles. The zero-order valence-electron chi connectivity index (χ0n) is 12.2. The molecule has 2 aliphatic rings. The molecule has 1 aromatic carbocycles. The molecule has 0 radical (unpaired) electrons. The number of fused-ring (bicyclic) bond motifs is 1. The Morgan fingerprint density at radius 1 is 1.23 bits per heavy atom. The normalized spacial score (nSPS) is 18.5. The summed E-state index contributed by atoms with van der Waals surface area (Å²) in [5, 5.41) is 3.35. The number of benzene rings is 1. The average Bonchev–Trinajstić information content (AvgIpc) is 2.98. The summed E-state index contributed by atoms with van der Waals surface area (Å²) in [4.78, 5) is 12.6. The van der Waals surface area contributed by atoms with Gasteiger partial charge in [0.15, 0.2) is 11.5 Å². The minimum atomic E-state index is -0.462. The Balaban J connectivity index is 0.00000176. The molecule has 0 unspecified atom stereocenters. The predicted octanol–water partition coefficient (Wildman–Crippen LogP) is 2.99. The molecule has 1 saturated carbocycles. The third-order valence-electron chi connectivity index (χ3n) is 4.31. The van der Waals surface area contributed by atoms with Gasteiger partial charge in [-0.05, 0) is 12.8 Å². The van der Waals surface area contributed by atoms with Crippen LogP contribution in [0.1, 0.15) is 25.7 Å². The maximum Gasteiger partial charge on any atom is 0.231 e. The molecule has 1 aliphatic heterocycles. The Morgan fingerprint density at radius 3 is 2.41 bits per heavy atom. The highest BCUT2D eigenvalue weighted by Crippen LogP contribution is 2.41. The van der Waals surface area contributed by atoms with E-state index in [-0.39, 0.29) is 18.3 Å².